The number of nitrogens with one attached hydrogen (secondary N) is 3. The molecule has 14 nitrogen and oxygen atoms in total. The molecule has 1 unspecified atom stereocenters. The molecule has 2 amide bonds. The van der Waals surface area contributed by atoms with Gasteiger partial charge in [-0.15, -0.1) is 0 Å². The molecular formula is C46H62N8O6. The van der Waals surface area contributed by atoms with E-state index in [4.69, 9.17) is 14.5 Å². The molecule has 1 aliphatic heterocycles. The first-order chi connectivity index (χ1) is 29.2. The third-order valence-corrected chi connectivity index (χ3v) is 11.0. The first kappa shape index (κ1) is 45.6. The Morgan fingerprint density at radius 2 is 1.87 bits per heavy atom. The minimum atomic E-state index is -0.402. The van der Waals surface area contributed by atoms with E-state index in [1.807, 2.05) is 51.0 Å². The van der Waals surface area contributed by atoms with Gasteiger partial charge in [-0.05, 0) is 81.0 Å². The highest BCUT2D eigenvalue weighted by molar-refractivity contribution is 6.00. The van der Waals surface area contributed by atoms with Crippen molar-refractivity contribution in [2.45, 2.75) is 103 Å². The van der Waals surface area contributed by atoms with Gasteiger partial charge in [0.15, 0.2) is 5.82 Å². The van der Waals surface area contributed by atoms with Gasteiger partial charge in [-0.3, -0.25) is 9.59 Å². The van der Waals surface area contributed by atoms with Crippen molar-refractivity contribution < 1.29 is 28.7 Å². The van der Waals surface area contributed by atoms with Crippen LogP contribution in [0.1, 0.15) is 110 Å². The number of nitrogens with zero attached hydrogens (tertiary/aromatic N) is 5. The highest BCUT2D eigenvalue weighted by Gasteiger charge is 2.34. The lowest BCUT2D eigenvalue weighted by molar-refractivity contribution is -0.112. The van der Waals surface area contributed by atoms with Crippen LogP contribution in [0.3, 0.4) is 0 Å². The normalized spacial score (nSPS) is 14.5. The number of fused-ring (bicyclic) bond motifs is 1. The van der Waals surface area contributed by atoms with E-state index >= 15 is 0 Å². The maximum Gasteiger partial charge on any atom is 0.255 e. The van der Waals surface area contributed by atoms with Crippen molar-refractivity contribution in [3.63, 3.8) is 0 Å². The van der Waals surface area contributed by atoms with E-state index in [0.717, 1.165) is 86.7 Å². The first-order valence-electron chi connectivity index (χ1n) is 21.4. The average Bonchev–Trinajstić information content (AvgIpc) is 3.92. The summed E-state index contributed by atoms with van der Waals surface area (Å²) in [5.41, 5.74) is 4.31. The number of carbonyl (C=O) groups is 4. The summed E-state index contributed by atoms with van der Waals surface area (Å²) in [4.78, 5) is 65.1. The summed E-state index contributed by atoms with van der Waals surface area (Å²) >= 11 is 0. The van der Waals surface area contributed by atoms with Crippen LogP contribution in [0.2, 0.25) is 0 Å². The third-order valence-electron chi connectivity index (χ3n) is 11.0. The van der Waals surface area contributed by atoms with Gasteiger partial charge in [0.25, 0.3) is 11.8 Å². The van der Waals surface area contributed by atoms with E-state index in [1.165, 1.54) is 0 Å². The summed E-state index contributed by atoms with van der Waals surface area (Å²) in [6.07, 6.45) is 12.3. The van der Waals surface area contributed by atoms with Crippen LogP contribution in [0.15, 0.2) is 42.6 Å². The summed E-state index contributed by atoms with van der Waals surface area (Å²) in [6, 6.07) is 10.4. The molecule has 2 aromatic carbocycles. The highest BCUT2D eigenvalue weighted by atomic mass is 16.5. The number of carbonyl (C=O) groups excluding carboxylic acids is 4. The van der Waals surface area contributed by atoms with E-state index in [1.54, 1.807) is 36.4 Å². The van der Waals surface area contributed by atoms with E-state index in [2.05, 4.69) is 37.7 Å². The molecular weight excluding hydrogens is 761 g/mol. The van der Waals surface area contributed by atoms with Crippen LogP contribution in [0, 0.1) is 11.8 Å². The van der Waals surface area contributed by atoms with Crippen LogP contribution in [0.25, 0.3) is 0 Å². The molecule has 60 heavy (non-hydrogen) atoms. The Bertz CT molecular complexity index is 1970. The number of aldehydes is 2. The minimum absolute atomic E-state index is 0.0963. The number of benzene rings is 2. The van der Waals surface area contributed by atoms with Crippen LogP contribution in [0.4, 0.5) is 23.1 Å². The van der Waals surface area contributed by atoms with Gasteiger partial charge in [0, 0.05) is 69.5 Å². The number of unbranched alkanes of at least 4 members (excludes halogenated alkanes) is 1. The van der Waals surface area contributed by atoms with Crippen molar-refractivity contribution in [1.29, 1.82) is 0 Å². The van der Waals surface area contributed by atoms with Gasteiger partial charge in [-0.1, -0.05) is 51.0 Å². The Balaban J connectivity index is 1.01. The largest absolute Gasteiger partial charge is 0.495 e. The third kappa shape index (κ3) is 11.8. The van der Waals surface area contributed by atoms with Gasteiger partial charge in [0.05, 0.1) is 43.4 Å². The fourth-order valence-electron chi connectivity index (χ4n) is 7.77. The van der Waals surface area contributed by atoms with Crippen LogP contribution >= 0.6 is 0 Å². The molecule has 0 saturated heterocycles. The molecule has 0 bridgehead atoms. The zero-order valence-corrected chi connectivity index (χ0v) is 35.9. The Kier molecular flexibility index (Phi) is 17.7. The zero-order chi connectivity index (χ0) is 42.9. The molecule has 2 heterocycles. The van der Waals surface area contributed by atoms with Gasteiger partial charge in [0.2, 0.25) is 5.95 Å². The Morgan fingerprint density at radius 1 is 1.05 bits per heavy atom. The van der Waals surface area contributed by atoms with Gasteiger partial charge < -0.3 is 49.7 Å². The summed E-state index contributed by atoms with van der Waals surface area (Å²) in [6.45, 7) is 7.55. The maximum absolute atomic E-state index is 13.0. The lowest BCUT2D eigenvalue weighted by Gasteiger charge is -2.36. The number of aromatic nitrogens is 2. The molecule has 1 aromatic heterocycles. The topological polar surface area (TPSA) is 158 Å². The molecule has 5 rings (SSSR count). The molecule has 14 heteroatoms. The molecule has 1 saturated carbocycles. The lowest BCUT2D eigenvalue weighted by Crippen LogP contribution is -2.44. The van der Waals surface area contributed by atoms with Crippen molar-refractivity contribution in [1.82, 2.24) is 25.5 Å². The molecule has 322 valence electrons. The van der Waals surface area contributed by atoms with Crippen LogP contribution in [-0.2, 0) is 20.9 Å². The van der Waals surface area contributed by atoms with Crippen molar-refractivity contribution in [3.05, 3.63) is 64.8 Å². The molecule has 2 aliphatic rings. The molecule has 3 N–H and O–H groups in total. The van der Waals surface area contributed by atoms with E-state index in [0.29, 0.717) is 80.6 Å². The Morgan fingerprint density at radius 3 is 2.58 bits per heavy atom. The molecule has 1 fully saturated rings. The van der Waals surface area contributed by atoms with Gasteiger partial charge in [-0.25, -0.2) is 4.98 Å². The quantitative estimate of drug-likeness (QED) is 0.0559. The molecule has 1 aliphatic carbocycles. The first-order valence-corrected chi connectivity index (χ1v) is 21.4. The monoisotopic (exact) mass is 822 g/mol. The minimum Gasteiger partial charge on any atom is -0.495 e. The van der Waals surface area contributed by atoms with Gasteiger partial charge in [0.1, 0.15) is 18.3 Å². The average molecular weight is 823 g/mol. The highest BCUT2D eigenvalue weighted by Crippen LogP contribution is 2.36. The second-order valence-electron chi connectivity index (χ2n) is 15.4. The number of anilines is 4. The van der Waals surface area contributed by atoms with E-state index in [-0.39, 0.29) is 23.9 Å². The Labute approximate surface area is 355 Å². The van der Waals surface area contributed by atoms with Crippen molar-refractivity contribution >= 4 is 47.5 Å². The van der Waals surface area contributed by atoms with Crippen molar-refractivity contribution in [3.8, 4) is 17.6 Å². The second-order valence-corrected chi connectivity index (χ2v) is 15.4. The maximum atomic E-state index is 13.0. The number of hydrogen-bond donors (Lipinski definition) is 3. The molecule has 0 radical (unpaired) electrons. The zero-order valence-electron chi connectivity index (χ0n) is 35.9. The fraction of sp³-hybridized carbons (Fsp3) is 0.522. The van der Waals surface area contributed by atoms with Crippen molar-refractivity contribution in [2.75, 3.05) is 69.2 Å². The van der Waals surface area contributed by atoms with Crippen LogP contribution < -0.4 is 30.5 Å². The summed E-state index contributed by atoms with van der Waals surface area (Å²) in [5, 5.41) is 9.61. The number of methoxy groups -OCH3 is 1. The predicted molar refractivity (Wildman–Crippen MR) is 235 cm³/mol. The smallest absolute Gasteiger partial charge is 0.255 e. The number of ether oxygens (including phenoxy) is 2. The van der Waals surface area contributed by atoms with Crippen molar-refractivity contribution in [2.24, 2.45) is 0 Å². The SMILES string of the molecule is CCCC(C=O)N1Cc2c(C#CCCCOCCNCCCNC(=O)c3ccc(Nc4ncc(N(C)C)c(N(C5CCCC5)[C@@H](C=O)CC)n4)c(OC)c3)cccc2C1=O. The molecule has 3 aromatic rings. The molecule has 2 atom stereocenters. The Hall–Kier alpha value is -5.52. The number of hydrogen-bond acceptors (Lipinski definition) is 12. The number of rotatable bonds is 24. The lowest BCUT2D eigenvalue weighted by atomic mass is 10.0. The van der Waals surface area contributed by atoms with E-state index < -0.39 is 6.04 Å². The summed E-state index contributed by atoms with van der Waals surface area (Å²) in [7, 11) is 5.45. The number of amides is 2. The molecule has 0 spiro atoms. The standard InChI is InChI=1S/C46H62N8O6/c1-6-15-37(32-56)53-30-39-33(17-13-20-38(39)45(53)58)16-9-8-12-26-60-27-25-47-23-14-24-48-44(57)34-21-22-40(42(28-34)59-5)50-46-49-29-41(52(3)4)43(51-46)54(35(7-2)31-55)36-18-10-11-19-36/h13,17,20-22,28-29,31-32,35-37,47H,6-8,10-12,14-15,18-19,23-27,30H2,1-5H3,(H,48,57)(H,49,50,51)/t35-,37?/m1/s1. The van der Waals surface area contributed by atoms with Crippen LogP contribution in [0.5, 0.6) is 5.75 Å². The van der Waals surface area contributed by atoms with Crippen LogP contribution in [-0.4, -0.2) is 111 Å². The van der Waals surface area contributed by atoms with Gasteiger partial charge >= 0.3 is 0 Å². The second kappa shape index (κ2) is 23.3. The summed E-state index contributed by atoms with van der Waals surface area (Å²) in [5.74, 6) is 7.71. The van der Waals surface area contributed by atoms with Gasteiger partial charge in [-0.2, -0.15) is 4.98 Å². The summed E-state index contributed by atoms with van der Waals surface area (Å²) < 4.78 is 11.4. The predicted octanol–water partition coefficient (Wildman–Crippen LogP) is 5.90. The fourth-order valence-corrected chi connectivity index (χ4v) is 7.77. The van der Waals surface area contributed by atoms with E-state index in [9.17, 15) is 19.2 Å².